The van der Waals surface area contributed by atoms with E-state index in [0.29, 0.717) is 10.8 Å². The SMILES string of the molecule is Cn1ccnc1SC1CCC(NC(=O)c2ccc3cn[nH]c3c2)CC1. The highest BCUT2D eigenvalue weighted by molar-refractivity contribution is 7.99. The van der Waals surface area contributed by atoms with Crippen LogP contribution in [0.25, 0.3) is 10.9 Å². The van der Waals surface area contributed by atoms with Crippen LogP contribution in [0, 0.1) is 0 Å². The van der Waals surface area contributed by atoms with E-state index in [4.69, 9.17) is 0 Å². The predicted molar refractivity (Wildman–Crippen MR) is 98.7 cm³/mol. The largest absolute Gasteiger partial charge is 0.349 e. The quantitative estimate of drug-likeness (QED) is 0.754. The lowest BCUT2D eigenvalue weighted by molar-refractivity contribution is 0.0928. The van der Waals surface area contributed by atoms with E-state index in [1.54, 1.807) is 6.20 Å². The van der Waals surface area contributed by atoms with Gasteiger partial charge in [-0.3, -0.25) is 9.89 Å². The number of carbonyl (C=O) groups is 1. The first-order valence-electron chi connectivity index (χ1n) is 8.57. The molecule has 0 spiro atoms. The molecule has 1 aliphatic carbocycles. The minimum atomic E-state index is -0.00305. The second kappa shape index (κ2) is 6.92. The van der Waals surface area contributed by atoms with Crippen LogP contribution in [-0.2, 0) is 7.05 Å². The third kappa shape index (κ3) is 3.56. The normalized spacial score (nSPS) is 20.7. The van der Waals surface area contributed by atoms with E-state index in [-0.39, 0.29) is 11.9 Å². The summed E-state index contributed by atoms with van der Waals surface area (Å²) in [5, 5.41) is 12.8. The van der Waals surface area contributed by atoms with Gasteiger partial charge in [-0.1, -0.05) is 17.8 Å². The molecule has 1 saturated carbocycles. The molecule has 2 aromatic heterocycles. The van der Waals surface area contributed by atoms with Crippen molar-refractivity contribution in [2.24, 2.45) is 7.05 Å². The molecule has 6 nitrogen and oxygen atoms in total. The summed E-state index contributed by atoms with van der Waals surface area (Å²) in [7, 11) is 2.03. The van der Waals surface area contributed by atoms with Gasteiger partial charge in [0.25, 0.3) is 5.91 Å². The smallest absolute Gasteiger partial charge is 0.251 e. The van der Waals surface area contributed by atoms with E-state index in [2.05, 4.69) is 25.1 Å². The van der Waals surface area contributed by atoms with Gasteiger partial charge in [0, 0.05) is 41.7 Å². The van der Waals surface area contributed by atoms with Crippen LogP contribution in [0.1, 0.15) is 36.0 Å². The van der Waals surface area contributed by atoms with Gasteiger partial charge in [-0.25, -0.2) is 4.98 Å². The molecule has 0 bridgehead atoms. The average molecular weight is 355 g/mol. The third-order valence-electron chi connectivity index (χ3n) is 4.76. The highest BCUT2D eigenvalue weighted by atomic mass is 32.2. The van der Waals surface area contributed by atoms with Crippen molar-refractivity contribution in [3.63, 3.8) is 0 Å². The fourth-order valence-electron chi connectivity index (χ4n) is 3.29. The van der Waals surface area contributed by atoms with Crippen LogP contribution < -0.4 is 5.32 Å². The molecule has 0 saturated heterocycles. The van der Waals surface area contributed by atoms with Crippen LogP contribution in [0.15, 0.2) is 41.9 Å². The monoisotopic (exact) mass is 355 g/mol. The first kappa shape index (κ1) is 16.2. The van der Waals surface area contributed by atoms with Gasteiger partial charge in [0.2, 0.25) is 0 Å². The van der Waals surface area contributed by atoms with E-state index < -0.39 is 0 Å². The Kier molecular flexibility index (Phi) is 4.48. The lowest BCUT2D eigenvalue weighted by Gasteiger charge is -2.28. The number of carbonyl (C=O) groups excluding carboxylic acids is 1. The fraction of sp³-hybridized carbons (Fsp3) is 0.389. The fourth-order valence-corrected chi connectivity index (χ4v) is 4.44. The van der Waals surface area contributed by atoms with Gasteiger partial charge in [-0.15, -0.1) is 0 Å². The zero-order chi connectivity index (χ0) is 17.2. The maximum Gasteiger partial charge on any atom is 0.251 e. The van der Waals surface area contributed by atoms with Crippen molar-refractivity contribution < 1.29 is 4.79 Å². The van der Waals surface area contributed by atoms with Gasteiger partial charge in [0.1, 0.15) is 0 Å². The molecular formula is C18H21N5OS. The van der Waals surface area contributed by atoms with Gasteiger partial charge in [-0.2, -0.15) is 5.10 Å². The van der Waals surface area contributed by atoms with Gasteiger partial charge in [-0.05, 0) is 37.8 Å². The molecule has 2 heterocycles. The van der Waals surface area contributed by atoms with Crippen molar-refractivity contribution in [2.45, 2.75) is 42.1 Å². The number of aromatic amines is 1. The Morgan fingerprint density at radius 3 is 2.92 bits per heavy atom. The number of nitrogens with one attached hydrogen (secondary N) is 2. The minimum Gasteiger partial charge on any atom is -0.349 e. The van der Waals surface area contributed by atoms with E-state index in [9.17, 15) is 4.79 Å². The summed E-state index contributed by atoms with van der Waals surface area (Å²) in [4.78, 5) is 16.9. The van der Waals surface area contributed by atoms with Crippen molar-refractivity contribution in [3.8, 4) is 0 Å². The maximum atomic E-state index is 12.5. The van der Waals surface area contributed by atoms with E-state index >= 15 is 0 Å². The topological polar surface area (TPSA) is 75.6 Å². The number of aromatic nitrogens is 4. The number of nitrogens with zero attached hydrogens (tertiary/aromatic N) is 3. The van der Waals surface area contributed by atoms with E-state index in [1.165, 1.54) is 0 Å². The van der Waals surface area contributed by atoms with Crippen LogP contribution in [-0.4, -0.2) is 36.9 Å². The second-order valence-corrected chi connectivity index (χ2v) is 7.83. The number of fused-ring (bicyclic) bond motifs is 1. The van der Waals surface area contributed by atoms with Crippen molar-refractivity contribution in [3.05, 3.63) is 42.4 Å². The minimum absolute atomic E-state index is 0.00305. The van der Waals surface area contributed by atoms with Gasteiger partial charge >= 0.3 is 0 Å². The van der Waals surface area contributed by atoms with Crippen LogP contribution >= 0.6 is 11.8 Å². The molecule has 0 radical (unpaired) electrons. The number of H-pyrrole nitrogens is 1. The number of rotatable bonds is 4. The highest BCUT2D eigenvalue weighted by Gasteiger charge is 2.24. The maximum absolute atomic E-state index is 12.5. The van der Waals surface area contributed by atoms with Gasteiger partial charge < -0.3 is 9.88 Å². The highest BCUT2D eigenvalue weighted by Crippen LogP contribution is 2.32. The van der Waals surface area contributed by atoms with Crippen molar-refractivity contribution in [1.29, 1.82) is 0 Å². The van der Waals surface area contributed by atoms with Gasteiger partial charge in [0.05, 0.1) is 11.7 Å². The Morgan fingerprint density at radius 1 is 1.32 bits per heavy atom. The Bertz CT molecular complexity index is 878. The van der Waals surface area contributed by atoms with Crippen molar-refractivity contribution in [1.82, 2.24) is 25.1 Å². The summed E-state index contributed by atoms with van der Waals surface area (Å²) in [6.07, 6.45) is 9.80. The summed E-state index contributed by atoms with van der Waals surface area (Å²) in [5.41, 5.74) is 1.57. The molecule has 1 fully saturated rings. The van der Waals surface area contributed by atoms with Crippen LogP contribution in [0.2, 0.25) is 0 Å². The van der Waals surface area contributed by atoms with E-state index in [0.717, 1.165) is 41.7 Å². The van der Waals surface area contributed by atoms with Crippen molar-refractivity contribution >= 4 is 28.6 Å². The molecular weight excluding hydrogens is 334 g/mol. The predicted octanol–water partition coefficient (Wildman–Crippen LogP) is 3.13. The summed E-state index contributed by atoms with van der Waals surface area (Å²) >= 11 is 1.85. The van der Waals surface area contributed by atoms with E-state index in [1.807, 2.05) is 49.4 Å². The van der Waals surface area contributed by atoms with Crippen molar-refractivity contribution in [2.75, 3.05) is 0 Å². The van der Waals surface area contributed by atoms with Crippen LogP contribution in [0.5, 0.6) is 0 Å². The molecule has 4 rings (SSSR count). The lowest BCUT2D eigenvalue weighted by Crippen LogP contribution is -2.38. The zero-order valence-corrected chi connectivity index (χ0v) is 14.9. The molecule has 0 atom stereocenters. The third-order valence-corrected chi connectivity index (χ3v) is 6.17. The van der Waals surface area contributed by atoms with Crippen LogP contribution in [0.3, 0.4) is 0 Å². The van der Waals surface area contributed by atoms with Gasteiger partial charge in [0.15, 0.2) is 5.16 Å². The summed E-state index contributed by atoms with van der Waals surface area (Å²) in [6, 6.07) is 5.90. The summed E-state index contributed by atoms with van der Waals surface area (Å²) in [5.74, 6) is -0.00305. The molecule has 0 unspecified atom stereocenters. The molecule has 25 heavy (non-hydrogen) atoms. The molecule has 1 aromatic carbocycles. The Balaban J connectivity index is 1.32. The molecule has 1 aliphatic rings. The Hall–Kier alpha value is -2.28. The zero-order valence-electron chi connectivity index (χ0n) is 14.1. The standard InChI is InChI=1S/C18H21N5OS/c1-23-9-8-19-18(23)25-15-6-4-14(5-7-15)21-17(24)12-2-3-13-11-20-22-16(13)10-12/h2-3,8-11,14-15H,4-7H2,1H3,(H,20,22)(H,21,24). The first-order chi connectivity index (χ1) is 12.2. The molecule has 3 aromatic rings. The average Bonchev–Trinajstić information content (AvgIpc) is 3.25. The van der Waals surface area contributed by atoms with Crippen LogP contribution in [0.4, 0.5) is 0 Å². The lowest BCUT2D eigenvalue weighted by atomic mass is 9.94. The Labute approximate surface area is 150 Å². The summed E-state index contributed by atoms with van der Waals surface area (Å²) in [6.45, 7) is 0. The number of aryl methyl sites for hydroxylation is 1. The number of hydrogen-bond donors (Lipinski definition) is 2. The number of thioether (sulfide) groups is 1. The number of amides is 1. The number of benzene rings is 1. The molecule has 130 valence electrons. The number of hydrogen-bond acceptors (Lipinski definition) is 4. The molecule has 0 aliphatic heterocycles. The Morgan fingerprint density at radius 2 is 2.16 bits per heavy atom. The molecule has 7 heteroatoms. The number of imidazole rings is 1. The molecule has 2 N–H and O–H groups in total. The summed E-state index contributed by atoms with van der Waals surface area (Å²) < 4.78 is 2.06. The second-order valence-electron chi connectivity index (χ2n) is 6.56. The first-order valence-corrected chi connectivity index (χ1v) is 9.45. The molecule has 1 amide bonds.